The van der Waals surface area contributed by atoms with Crippen molar-refractivity contribution in [3.63, 3.8) is 0 Å². The second-order valence-electron chi connectivity index (χ2n) is 21.6. The maximum absolute atomic E-state index is 2.75. The fourth-order valence-electron chi connectivity index (χ4n) is 10.7. The second-order valence-corrected chi connectivity index (χ2v) is 21.6. The van der Waals surface area contributed by atoms with Crippen LogP contribution in [-0.2, 0) is 7.05 Å². The van der Waals surface area contributed by atoms with Crippen LogP contribution in [0.2, 0.25) is 0 Å². The minimum atomic E-state index is 0.659. The van der Waals surface area contributed by atoms with Gasteiger partial charge in [-0.2, -0.15) is 0 Å². The highest BCUT2D eigenvalue weighted by Crippen LogP contribution is 2.31. The zero-order chi connectivity index (χ0) is 44.6. The smallest absolute Gasteiger partial charge is 0.234 e. The number of nitrogens with zero attached hydrogens (tertiary/aromatic N) is 2. The first-order valence-corrected chi connectivity index (χ1v) is 28.8. The molecule has 0 saturated heterocycles. The summed E-state index contributed by atoms with van der Waals surface area (Å²) in [6, 6.07) is 0.659. The van der Waals surface area contributed by atoms with Gasteiger partial charge in [0.05, 0.1) is 7.05 Å². The van der Waals surface area contributed by atoms with Gasteiger partial charge in [0.15, 0.2) is 0 Å². The van der Waals surface area contributed by atoms with E-state index < -0.39 is 0 Å². The predicted molar refractivity (Wildman–Crippen MR) is 276 cm³/mol. The molecule has 0 N–H and O–H groups in total. The molecular formula is C59H117N2+. The Labute approximate surface area is 387 Å². The van der Waals surface area contributed by atoms with E-state index in [-0.39, 0.29) is 0 Å². The van der Waals surface area contributed by atoms with Crippen molar-refractivity contribution in [3.05, 3.63) is 17.2 Å². The molecule has 1 rings (SSSR count). The average molecular weight is 855 g/mol. The molecule has 0 amide bonds. The third-order valence-electron chi connectivity index (χ3n) is 15.4. The SMILES string of the molecule is CCCCCCCCCCCCCCCCCCC(CCCCCCCCCCCCCCCCCC)CCCCC(CCC(C)CCCC(C)C)n1c(C)c(C)[n+](C)c1C. The molecule has 61 heavy (non-hydrogen) atoms. The number of rotatable bonds is 47. The molecule has 0 aliphatic heterocycles. The van der Waals surface area contributed by atoms with Gasteiger partial charge in [-0.3, -0.25) is 0 Å². The van der Waals surface area contributed by atoms with E-state index in [1.165, 1.54) is 293 Å². The molecule has 0 bridgehead atoms. The summed E-state index contributed by atoms with van der Waals surface area (Å²) < 4.78 is 5.20. The standard InChI is InChI=1S/C59H117N2/c1-10-12-14-16-18-20-22-24-26-28-30-32-34-36-38-40-47-58(48-41-39-37-35-33-31-29-27-25-23-21-19-17-15-13-11-2)49-42-43-50-59(52-51-54(5)46-44-45-53(3)4)61-56(7)55(6)60(9)57(61)8/h53-54,58-59H,10-52H2,1-9H3/q+1. The summed E-state index contributed by atoms with van der Waals surface area (Å²) in [5, 5.41) is 0. The van der Waals surface area contributed by atoms with Crippen molar-refractivity contribution >= 4 is 0 Å². The largest absolute Gasteiger partial charge is 0.253 e. The van der Waals surface area contributed by atoms with Crippen LogP contribution in [0.3, 0.4) is 0 Å². The highest BCUT2D eigenvalue weighted by atomic mass is 15.2. The summed E-state index contributed by atoms with van der Waals surface area (Å²) in [4.78, 5) is 0. The lowest BCUT2D eigenvalue weighted by molar-refractivity contribution is -0.683. The van der Waals surface area contributed by atoms with Gasteiger partial charge in [-0.25, -0.2) is 9.13 Å². The Balaban J connectivity index is 2.49. The van der Waals surface area contributed by atoms with Crippen LogP contribution < -0.4 is 4.57 Å². The van der Waals surface area contributed by atoms with Crippen LogP contribution in [0.1, 0.15) is 334 Å². The van der Waals surface area contributed by atoms with E-state index >= 15 is 0 Å². The molecule has 1 aromatic rings. The fraction of sp³-hybridized carbons (Fsp3) is 0.949. The summed E-state index contributed by atoms with van der Waals surface area (Å²) in [5.74, 6) is 4.10. The van der Waals surface area contributed by atoms with E-state index in [2.05, 4.69) is 71.6 Å². The van der Waals surface area contributed by atoms with E-state index in [9.17, 15) is 0 Å². The third kappa shape index (κ3) is 32.5. The summed E-state index contributed by atoms with van der Waals surface area (Å²) in [7, 11) is 2.28. The van der Waals surface area contributed by atoms with Crippen molar-refractivity contribution in [2.45, 2.75) is 338 Å². The highest BCUT2D eigenvalue weighted by Gasteiger charge is 2.27. The number of aromatic nitrogens is 2. The minimum absolute atomic E-state index is 0.659. The van der Waals surface area contributed by atoms with Crippen LogP contribution >= 0.6 is 0 Å². The Morgan fingerprint density at radius 2 is 0.689 bits per heavy atom. The molecule has 2 heteroatoms. The number of unbranched alkanes of at least 4 members (excludes halogenated alkanes) is 31. The molecule has 2 nitrogen and oxygen atoms in total. The molecule has 0 aliphatic rings. The van der Waals surface area contributed by atoms with E-state index in [1.807, 2.05) is 0 Å². The predicted octanol–water partition coefficient (Wildman–Crippen LogP) is 20.5. The maximum atomic E-state index is 2.75. The van der Waals surface area contributed by atoms with E-state index in [1.54, 1.807) is 0 Å². The third-order valence-corrected chi connectivity index (χ3v) is 15.4. The van der Waals surface area contributed by atoms with Crippen molar-refractivity contribution < 1.29 is 4.57 Å². The molecule has 0 aliphatic carbocycles. The lowest BCUT2D eigenvalue weighted by Crippen LogP contribution is -2.33. The molecule has 0 aromatic carbocycles. The first-order valence-electron chi connectivity index (χ1n) is 28.8. The van der Waals surface area contributed by atoms with Gasteiger partial charge in [-0.1, -0.05) is 285 Å². The number of hydrogen-bond acceptors (Lipinski definition) is 0. The number of hydrogen-bond donors (Lipinski definition) is 0. The average Bonchev–Trinajstić information content (AvgIpc) is 3.43. The first-order chi connectivity index (χ1) is 29.7. The molecule has 1 aromatic heterocycles. The van der Waals surface area contributed by atoms with Gasteiger partial charge in [0.1, 0.15) is 17.4 Å². The molecule has 2 unspecified atom stereocenters. The van der Waals surface area contributed by atoms with Crippen LogP contribution in [0.25, 0.3) is 0 Å². The van der Waals surface area contributed by atoms with E-state index in [0.717, 1.165) is 17.8 Å². The summed E-state index contributed by atoms with van der Waals surface area (Å²) in [6.07, 6.45) is 62.6. The minimum Gasteiger partial charge on any atom is -0.234 e. The van der Waals surface area contributed by atoms with Gasteiger partial charge in [-0.05, 0) is 43.4 Å². The van der Waals surface area contributed by atoms with Crippen LogP contribution in [0, 0.1) is 38.5 Å². The molecule has 0 spiro atoms. The molecular weight excluding hydrogens is 737 g/mol. The quantitative estimate of drug-likeness (QED) is 0.0456. The Bertz CT molecular complexity index is 990. The maximum Gasteiger partial charge on any atom is 0.253 e. The second kappa shape index (κ2) is 41.9. The Hall–Kier alpha value is -0.790. The van der Waals surface area contributed by atoms with Crippen molar-refractivity contribution in [3.8, 4) is 0 Å². The van der Waals surface area contributed by atoms with Gasteiger partial charge in [0, 0.05) is 20.8 Å². The molecule has 2 atom stereocenters. The van der Waals surface area contributed by atoms with Gasteiger partial charge >= 0.3 is 0 Å². The van der Waals surface area contributed by atoms with Gasteiger partial charge < -0.3 is 0 Å². The van der Waals surface area contributed by atoms with Crippen molar-refractivity contribution in [2.24, 2.45) is 24.8 Å². The molecule has 0 radical (unpaired) electrons. The number of imidazole rings is 1. The first kappa shape index (κ1) is 58.2. The molecule has 1 heterocycles. The van der Waals surface area contributed by atoms with Gasteiger partial charge in [0.25, 0.3) is 5.82 Å². The summed E-state index contributed by atoms with van der Waals surface area (Å²) in [5.41, 5.74) is 2.95. The fourth-order valence-corrected chi connectivity index (χ4v) is 10.7. The zero-order valence-electron chi connectivity index (χ0n) is 44.1. The summed E-state index contributed by atoms with van der Waals surface area (Å²) >= 11 is 0. The van der Waals surface area contributed by atoms with Crippen molar-refractivity contribution in [2.75, 3.05) is 0 Å². The Morgan fingerprint density at radius 3 is 1.02 bits per heavy atom. The monoisotopic (exact) mass is 854 g/mol. The zero-order valence-corrected chi connectivity index (χ0v) is 44.1. The summed E-state index contributed by atoms with van der Waals surface area (Å²) in [6.45, 7) is 19.0. The normalized spacial score (nSPS) is 13.0. The lowest BCUT2D eigenvalue weighted by Gasteiger charge is -2.21. The highest BCUT2D eigenvalue weighted by molar-refractivity contribution is 5.08. The van der Waals surface area contributed by atoms with E-state index in [4.69, 9.17) is 0 Å². The topological polar surface area (TPSA) is 8.81 Å². The van der Waals surface area contributed by atoms with Gasteiger partial charge in [-0.15, -0.1) is 0 Å². The lowest BCUT2D eigenvalue weighted by atomic mass is 9.88. The van der Waals surface area contributed by atoms with Crippen molar-refractivity contribution in [1.29, 1.82) is 0 Å². The Morgan fingerprint density at radius 1 is 0.361 bits per heavy atom. The van der Waals surface area contributed by atoms with E-state index in [0.29, 0.717) is 6.04 Å². The molecule has 0 saturated carbocycles. The van der Waals surface area contributed by atoms with Crippen LogP contribution in [0.15, 0.2) is 0 Å². The van der Waals surface area contributed by atoms with Gasteiger partial charge in [0.2, 0.25) is 0 Å². The van der Waals surface area contributed by atoms with Crippen molar-refractivity contribution in [1.82, 2.24) is 4.57 Å². The molecule has 0 fully saturated rings. The molecule has 362 valence electrons. The Kier molecular flexibility index (Phi) is 40.0. The van der Waals surface area contributed by atoms with Crippen LogP contribution in [0.5, 0.6) is 0 Å². The van der Waals surface area contributed by atoms with Crippen LogP contribution in [0.4, 0.5) is 0 Å². The van der Waals surface area contributed by atoms with Crippen LogP contribution in [-0.4, -0.2) is 4.57 Å².